The zero-order valence-corrected chi connectivity index (χ0v) is 72.0. The standard InChI is InChI=1S/C29H42O3.C25H36O3Si.C24H34O2Si.C24H32O2/c1-29(17-30-14-26-11-20-2-5-23(26)8-20,18-31-15-27-12-21-3-6-24(27)9-21)19-32-16-28-13-22-4-7-25(28)10-22;1-29(26-14-23-11-17-2-5-20(23)8-17,27-15-24-12-18-3-6-21(24)9-18)28-16-25-13-19-4-7-22(25)10-19;1-27(24-13-18-4-7-21(24)10-18,25-14-22-11-16-2-5-19(22)8-16)26-15-23-12-17-3-6-20(23)9-17;1-4-18-7-15(1)10-21(18)13-25-24(23-12-17-3-6-20(23)9-17)26-14-22-11-16-2-5-19(22)8-16/h2-7,20-28H,8-19H2,1H3;2-7,17-25H,8-16H2,1H3;2-7,16-24H,8-15H2,1H3;1-6,15-24H,7-14H2. The van der Waals surface area contributed by atoms with E-state index in [0.717, 1.165) is 263 Å². The largest absolute Gasteiger partial charge is 0.497 e. The van der Waals surface area contributed by atoms with Gasteiger partial charge in [0.05, 0.1) is 33.0 Å². The summed E-state index contributed by atoms with van der Waals surface area (Å²) in [6.07, 6.45) is 90.5. The topological polar surface area (TPSA) is 92.3 Å². The van der Waals surface area contributed by atoms with Crippen LogP contribution in [-0.2, 0) is 45.8 Å². The molecule has 36 atom stereocenters. The minimum atomic E-state index is -2.61. The molecule has 114 heavy (non-hydrogen) atoms. The summed E-state index contributed by atoms with van der Waals surface area (Å²) in [6, 6.07) is 0. The van der Waals surface area contributed by atoms with E-state index in [1.807, 2.05) is 0 Å². The van der Waals surface area contributed by atoms with Gasteiger partial charge in [0, 0.05) is 76.3 Å². The van der Waals surface area contributed by atoms with Crippen molar-refractivity contribution in [2.45, 2.75) is 186 Å². The molecule has 620 valence electrons. The molecule has 12 heteroatoms. The minimum absolute atomic E-state index is 0.0289. The third-order valence-electron chi connectivity index (χ3n) is 35.9. The van der Waals surface area contributed by atoms with Crippen molar-refractivity contribution in [3.63, 3.8) is 0 Å². The second-order valence-electron chi connectivity index (χ2n) is 44.1. The van der Waals surface area contributed by atoms with Crippen molar-refractivity contribution in [3.8, 4) is 0 Å². The van der Waals surface area contributed by atoms with Gasteiger partial charge in [-0.2, -0.15) is 0 Å². The summed E-state index contributed by atoms with van der Waals surface area (Å²) < 4.78 is 65.6. The average Bonchev–Trinajstić information content (AvgIpc) is 1.58. The Hall–Kier alpha value is -3.09. The molecule has 12 saturated carbocycles. The van der Waals surface area contributed by atoms with Gasteiger partial charge in [-0.05, 0) is 362 Å². The Kier molecular flexibility index (Phi) is 23.1. The van der Waals surface area contributed by atoms with Crippen LogP contribution in [-0.4, -0.2) is 110 Å². The normalized spacial score (nSPS) is 48.0. The summed E-state index contributed by atoms with van der Waals surface area (Å²) in [5.74, 6) is 26.5. The van der Waals surface area contributed by atoms with Crippen molar-refractivity contribution < 1.29 is 45.8 Å². The molecule has 24 aliphatic carbocycles. The molecular formula is C102H144O10Si2. The smallest absolute Gasteiger partial charge is 0.394 e. The van der Waals surface area contributed by atoms with Gasteiger partial charge < -0.3 is 45.8 Å². The van der Waals surface area contributed by atoms with Gasteiger partial charge in [0.1, 0.15) is 0 Å². The predicted octanol–water partition coefficient (Wildman–Crippen LogP) is 21.4. The molecule has 0 saturated heterocycles. The van der Waals surface area contributed by atoms with E-state index in [1.165, 1.54) is 154 Å². The molecule has 36 unspecified atom stereocenters. The fourth-order valence-electron chi connectivity index (χ4n) is 29.3. The third kappa shape index (κ3) is 17.2. The molecule has 0 heterocycles. The fourth-order valence-corrected chi connectivity index (χ4v) is 34.5. The Labute approximate surface area is 689 Å². The molecular weight excluding hydrogens is 1440 g/mol. The highest BCUT2D eigenvalue weighted by atomic mass is 28.4. The van der Waals surface area contributed by atoms with Crippen LogP contribution in [0.2, 0.25) is 18.6 Å². The average molecular weight is 1590 g/mol. The minimum Gasteiger partial charge on any atom is -0.394 e. The maximum atomic E-state index is 6.87. The van der Waals surface area contributed by atoms with Crippen molar-refractivity contribution in [1.82, 2.24) is 0 Å². The van der Waals surface area contributed by atoms with Gasteiger partial charge in [0.15, 0.2) is 6.29 Å². The molecule has 24 bridgehead atoms. The molecule has 12 fully saturated rings. The lowest BCUT2D eigenvalue weighted by Gasteiger charge is -2.38. The maximum absolute atomic E-state index is 6.87. The van der Waals surface area contributed by atoms with Crippen LogP contribution in [0, 0.1) is 213 Å². The van der Waals surface area contributed by atoms with Crippen LogP contribution in [0.15, 0.2) is 146 Å². The summed E-state index contributed by atoms with van der Waals surface area (Å²) >= 11 is 0. The van der Waals surface area contributed by atoms with Gasteiger partial charge in [-0.25, -0.2) is 0 Å². The van der Waals surface area contributed by atoms with E-state index in [-0.39, 0.29) is 11.7 Å². The third-order valence-corrected chi connectivity index (χ3v) is 41.5. The molecule has 0 aromatic heterocycles. The van der Waals surface area contributed by atoms with Gasteiger partial charge in [-0.1, -0.05) is 153 Å². The number of fused-ring (bicyclic) bond motifs is 24. The van der Waals surface area contributed by atoms with E-state index in [9.17, 15) is 0 Å². The number of rotatable bonds is 35. The van der Waals surface area contributed by atoms with Crippen molar-refractivity contribution in [1.29, 1.82) is 0 Å². The highest BCUT2D eigenvalue weighted by Crippen LogP contribution is 2.57. The second-order valence-corrected chi connectivity index (χ2v) is 50.0. The predicted molar refractivity (Wildman–Crippen MR) is 456 cm³/mol. The van der Waals surface area contributed by atoms with E-state index in [1.54, 1.807) is 0 Å². The van der Waals surface area contributed by atoms with Gasteiger partial charge in [0.2, 0.25) is 0 Å². The first-order chi connectivity index (χ1) is 55.7. The number of ether oxygens (including phenoxy) is 5. The van der Waals surface area contributed by atoms with Crippen LogP contribution in [0.1, 0.15) is 161 Å². The first-order valence-electron chi connectivity index (χ1n) is 48.1. The second kappa shape index (κ2) is 33.6. The summed E-state index contributed by atoms with van der Waals surface area (Å²) in [7, 11) is -4.77. The Morgan fingerprint density at radius 1 is 0.237 bits per heavy atom. The fraction of sp³-hybridized carbons (Fsp3) is 0.765. The van der Waals surface area contributed by atoms with E-state index in [2.05, 4.69) is 166 Å². The maximum Gasteiger partial charge on any atom is 0.497 e. The first kappa shape index (κ1) is 78.2. The molecule has 0 aliphatic heterocycles. The number of hydrogen-bond donors (Lipinski definition) is 0. The molecule has 24 aliphatic rings. The van der Waals surface area contributed by atoms with Gasteiger partial charge >= 0.3 is 17.4 Å². The summed E-state index contributed by atoms with van der Waals surface area (Å²) in [4.78, 5) is 0. The highest BCUT2D eigenvalue weighted by molar-refractivity contribution is 6.67. The zero-order valence-electron chi connectivity index (χ0n) is 70.0. The zero-order chi connectivity index (χ0) is 76.1. The molecule has 0 amide bonds. The summed E-state index contributed by atoms with van der Waals surface area (Å²) in [5, 5.41) is 0. The van der Waals surface area contributed by atoms with Gasteiger partial charge in [-0.3, -0.25) is 0 Å². The number of allylic oxidation sites excluding steroid dienone is 24. The lowest BCUT2D eigenvalue weighted by Crippen LogP contribution is -2.47. The molecule has 0 aromatic rings. The van der Waals surface area contributed by atoms with Crippen LogP contribution in [0.25, 0.3) is 0 Å². The number of hydrogen-bond acceptors (Lipinski definition) is 10. The van der Waals surface area contributed by atoms with Crippen molar-refractivity contribution in [2.24, 2.45) is 213 Å². The van der Waals surface area contributed by atoms with E-state index in [0.29, 0.717) is 35.1 Å². The van der Waals surface area contributed by atoms with E-state index < -0.39 is 17.4 Å². The van der Waals surface area contributed by atoms with Crippen LogP contribution < -0.4 is 0 Å². The van der Waals surface area contributed by atoms with E-state index in [4.69, 9.17) is 45.8 Å². The quantitative estimate of drug-likeness (QED) is 0.0347. The van der Waals surface area contributed by atoms with Crippen molar-refractivity contribution >= 4 is 17.4 Å². The van der Waals surface area contributed by atoms with Crippen LogP contribution in [0.5, 0.6) is 0 Å². The van der Waals surface area contributed by atoms with Gasteiger partial charge in [-0.15, -0.1) is 0 Å². The highest BCUT2D eigenvalue weighted by Gasteiger charge is 2.54. The molecule has 0 spiro atoms. The summed E-state index contributed by atoms with van der Waals surface area (Å²) in [6.45, 7) is 18.0. The lowest BCUT2D eigenvalue weighted by molar-refractivity contribution is -0.191. The molecule has 0 aromatic carbocycles. The van der Waals surface area contributed by atoms with Crippen LogP contribution in [0.3, 0.4) is 0 Å². The van der Waals surface area contributed by atoms with Crippen molar-refractivity contribution in [2.75, 3.05) is 85.9 Å². The Balaban J connectivity index is 0.0000000957. The monoisotopic (exact) mass is 1590 g/mol. The van der Waals surface area contributed by atoms with Gasteiger partial charge in [0.25, 0.3) is 0 Å². The Bertz CT molecular complexity index is 3460. The lowest BCUT2D eigenvalue weighted by atomic mass is 9.91. The van der Waals surface area contributed by atoms with Crippen LogP contribution >= 0.6 is 0 Å². The molecule has 24 rings (SSSR count). The Morgan fingerprint density at radius 3 is 0.675 bits per heavy atom. The Morgan fingerprint density at radius 2 is 0.456 bits per heavy atom. The molecule has 10 nitrogen and oxygen atoms in total. The first-order valence-corrected chi connectivity index (χ1v) is 52.7. The SMILES string of the molecule is C1=CC2CC1CC2COC(OCC1CC2C=CC1C2)C1CC2C=CC1C2.CC(COCC1CC2C=CC1C2)(COCC1CC2C=CC1C2)COCC1CC2C=CC1C2.C[Si](OCC1CC2C=CC1C2)(OCC1CC2C=CC1C2)C1CC2C=CC1C2.C[Si](OCC1CC2C=CC1C2)(OCC1CC2C=CC1C2)OCC1CC2C=CC1C2. The van der Waals surface area contributed by atoms with Crippen molar-refractivity contribution in [3.05, 3.63) is 146 Å². The van der Waals surface area contributed by atoms with E-state index >= 15 is 0 Å². The summed E-state index contributed by atoms with van der Waals surface area (Å²) in [5.41, 5.74) is 0.615. The molecule has 0 N–H and O–H groups in total. The van der Waals surface area contributed by atoms with Crippen LogP contribution in [0.4, 0.5) is 0 Å². The molecule has 0 radical (unpaired) electrons.